The van der Waals surface area contributed by atoms with Crippen LogP contribution < -0.4 is 5.56 Å². The second-order valence-electron chi connectivity index (χ2n) is 5.94. The minimum absolute atomic E-state index is 0.0791. The molecule has 0 bridgehead atoms. The number of aromatic nitrogens is 2. The van der Waals surface area contributed by atoms with Crippen LogP contribution in [-0.4, -0.2) is 15.3 Å². The molecule has 1 heterocycles. The molecule has 4 heteroatoms. The smallest absolute Gasteiger partial charge is 0.253 e. The first-order valence-corrected chi connectivity index (χ1v) is 7.86. The van der Waals surface area contributed by atoms with E-state index in [9.17, 15) is 4.79 Å². The van der Waals surface area contributed by atoms with Crippen molar-refractivity contribution in [2.75, 3.05) is 5.75 Å². The fourth-order valence-electron chi connectivity index (χ4n) is 3.14. The van der Waals surface area contributed by atoms with Crippen molar-refractivity contribution in [3.05, 3.63) is 27.9 Å². The number of thiol groups is 1. The Hall–Kier alpha value is -0.770. The van der Waals surface area contributed by atoms with Gasteiger partial charge in [0.25, 0.3) is 5.56 Å². The quantitative estimate of drug-likeness (QED) is 0.682. The summed E-state index contributed by atoms with van der Waals surface area (Å²) in [6, 6.07) is 1.63. The molecule has 19 heavy (non-hydrogen) atoms. The van der Waals surface area contributed by atoms with Crippen LogP contribution in [0.5, 0.6) is 0 Å². The first-order chi connectivity index (χ1) is 9.06. The molecule has 0 saturated heterocycles. The summed E-state index contributed by atoms with van der Waals surface area (Å²) >= 11 is 4.58. The first-order valence-electron chi connectivity index (χ1n) is 7.22. The molecule has 0 atom stereocenters. The van der Waals surface area contributed by atoms with Crippen LogP contribution in [-0.2, 0) is 6.54 Å². The Labute approximate surface area is 120 Å². The molecule has 1 fully saturated rings. The lowest BCUT2D eigenvalue weighted by Crippen LogP contribution is -2.35. The summed E-state index contributed by atoms with van der Waals surface area (Å²) < 4.78 is 1.84. The summed E-state index contributed by atoms with van der Waals surface area (Å²) in [6.07, 6.45) is 7.50. The number of hydrogen-bond donors (Lipinski definition) is 1. The van der Waals surface area contributed by atoms with Crippen LogP contribution >= 0.6 is 12.6 Å². The van der Waals surface area contributed by atoms with Crippen molar-refractivity contribution < 1.29 is 0 Å². The van der Waals surface area contributed by atoms with E-state index >= 15 is 0 Å². The van der Waals surface area contributed by atoms with Crippen molar-refractivity contribution in [3.8, 4) is 0 Å². The molecule has 0 aromatic carbocycles. The lowest BCUT2D eigenvalue weighted by Gasteiger charge is -2.32. The molecule has 0 unspecified atom stereocenters. The highest BCUT2D eigenvalue weighted by Gasteiger charge is 2.30. The molecular formula is C15H24N2OS. The van der Waals surface area contributed by atoms with E-state index in [1.54, 1.807) is 6.07 Å². The van der Waals surface area contributed by atoms with Crippen LogP contribution in [0.3, 0.4) is 0 Å². The van der Waals surface area contributed by atoms with Gasteiger partial charge in [-0.05, 0) is 37.9 Å². The Morgan fingerprint density at radius 2 is 1.89 bits per heavy atom. The highest BCUT2D eigenvalue weighted by molar-refractivity contribution is 7.80. The SMILES string of the molecule is Cc1cc(=O)n(CC2(CS)CCCCCC2)c(C)n1. The highest BCUT2D eigenvalue weighted by atomic mass is 32.1. The average Bonchev–Trinajstić information content (AvgIpc) is 2.60. The van der Waals surface area contributed by atoms with Gasteiger partial charge in [0.2, 0.25) is 0 Å². The number of hydrogen-bond acceptors (Lipinski definition) is 3. The van der Waals surface area contributed by atoms with E-state index in [1.165, 1.54) is 38.5 Å². The second-order valence-corrected chi connectivity index (χ2v) is 6.26. The number of nitrogens with zero attached hydrogens (tertiary/aromatic N) is 2. The second kappa shape index (κ2) is 6.12. The maximum atomic E-state index is 12.2. The molecule has 1 aromatic heterocycles. The van der Waals surface area contributed by atoms with Gasteiger partial charge in [-0.3, -0.25) is 9.36 Å². The fraction of sp³-hybridized carbons (Fsp3) is 0.733. The maximum absolute atomic E-state index is 12.2. The van der Waals surface area contributed by atoms with E-state index < -0.39 is 0 Å². The van der Waals surface area contributed by atoms with Crippen molar-refractivity contribution in [3.63, 3.8) is 0 Å². The van der Waals surface area contributed by atoms with Gasteiger partial charge in [-0.25, -0.2) is 4.98 Å². The van der Waals surface area contributed by atoms with E-state index in [1.807, 2.05) is 18.4 Å². The van der Waals surface area contributed by atoms with Gasteiger partial charge in [-0.2, -0.15) is 12.6 Å². The van der Waals surface area contributed by atoms with Crippen molar-refractivity contribution in [2.45, 2.75) is 58.9 Å². The van der Waals surface area contributed by atoms with E-state index in [2.05, 4.69) is 17.6 Å². The molecule has 0 N–H and O–H groups in total. The summed E-state index contributed by atoms with van der Waals surface area (Å²) in [6.45, 7) is 4.57. The highest BCUT2D eigenvalue weighted by Crippen LogP contribution is 2.37. The lowest BCUT2D eigenvalue weighted by molar-refractivity contribution is 0.234. The average molecular weight is 280 g/mol. The molecule has 1 aromatic rings. The van der Waals surface area contributed by atoms with Gasteiger partial charge in [0, 0.05) is 18.3 Å². The zero-order valence-corrected chi connectivity index (χ0v) is 12.9. The third kappa shape index (κ3) is 3.41. The van der Waals surface area contributed by atoms with E-state index in [0.717, 1.165) is 23.8 Å². The van der Waals surface area contributed by atoms with Crippen molar-refractivity contribution in [1.29, 1.82) is 0 Å². The van der Waals surface area contributed by atoms with Crippen LogP contribution in [0, 0.1) is 19.3 Å². The first kappa shape index (κ1) is 14.6. The molecule has 1 aliphatic carbocycles. The summed E-state index contributed by atoms with van der Waals surface area (Å²) in [5.74, 6) is 1.68. The van der Waals surface area contributed by atoms with Gasteiger partial charge in [-0.15, -0.1) is 0 Å². The fourth-order valence-corrected chi connectivity index (χ4v) is 3.55. The van der Waals surface area contributed by atoms with Gasteiger partial charge < -0.3 is 0 Å². The summed E-state index contributed by atoms with van der Waals surface area (Å²) in [5.41, 5.74) is 1.06. The van der Waals surface area contributed by atoms with E-state index in [4.69, 9.17) is 0 Å². The van der Waals surface area contributed by atoms with E-state index in [0.29, 0.717) is 0 Å². The predicted molar refractivity (Wildman–Crippen MR) is 82.0 cm³/mol. The van der Waals surface area contributed by atoms with Gasteiger partial charge in [-0.1, -0.05) is 25.7 Å². The maximum Gasteiger partial charge on any atom is 0.253 e. The van der Waals surface area contributed by atoms with Crippen molar-refractivity contribution in [2.24, 2.45) is 5.41 Å². The van der Waals surface area contributed by atoms with Crippen LogP contribution in [0.4, 0.5) is 0 Å². The summed E-state index contributed by atoms with van der Waals surface area (Å²) in [5, 5.41) is 0. The molecule has 2 rings (SSSR count). The molecule has 3 nitrogen and oxygen atoms in total. The van der Waals surface area contributed by atoms with Crippen LogP contribution in [0.1, 0.15) is 50.0 Å². The number of aryl methyl sites for hydroxylation is 2. The van der Waals surface area contributed by atoms with Gasteiger partial charge in [0.05, 0.1) is 0 Å². The largest absolute Gasteiger partial charge is 0.296 e. The minimum Gasteiger partial charge on any atom is -0.296 e. The molecule has 0 aliphatic heterocycles. The minimum atomic E-state index is 0.0791. The summed E-state index contributed by atoms with van der Waals surface area (Å²) in [4.78, 5) is 16.6. The van der Waals surface area contributed by atoms with Gasteiger partial charge in [0.15, 0.2) is 0 Å². The predicted octanol–water partition coefficient (Wildman–Crippen LogP) is 3.13. The molecular weight excluding hydrogens is 256 g/mol. The standard InChI is InChI=1S/C15H24N2OS/c1-12-9-14(18)17(13(2)16-12)10-15(11-19)7-5-3-4-6-8-15/h9,19H,3-8,10-11H2,1-2H3. The Morgan fingerprint density at radius 1 is 1.26 bits per heavy atom. The normalized spacial score (nSPS) is 19.1. The topological polar surface area (TPSA) is 34.9 Å². The monoisotopic (exact) mass is 280 g/mol. The van der Waals surface area contributed by atoms with Crippen LogP contribution in [0.25, 0.3) is 0 Å². The molecule has 0 spiro atoms. The van der Waals surface area contributed by atoms with Crippen LogP contribution in [0.2, 0.25) is 0 Å². The zero-order valence-electron chi connectivity index (χ0n) is 12.0. The molecule has 0 radical (unpaired) electrons. The molecule has 1 saturated carbocycles. The van der Waals surface area contributed by atoms with Crippen molar-refractivity contribution >= 4 is 12.6 Å². The van der Waals surface area contributed by atoms with Crippen molar-refractivity contribution in [1.82, 2.24) is 9.55 Å². The van der Waals surface area contributed by atoms with Gasteiger partial charge in [0.1, 0.15) is 5.82 Å². The summed E-state index contributed by atoms with van der Waals surface area (Å²) in [7, 11) is 0. The number of rotatable bonds is 3. The Kier molecular flexibility index (Phi) is 4.71. The Bertz CT molecular complexity index is 487. The molecule has 106 valence electrons. The molecule has 1 aliphatic rings. The Balaban J connectivity index is 2.29. The lowest BCUT2D eigenvalue weighted by atomic mass is 9.82. The third-order valence-corrected chi connectivity index (χ3v) is 4.99. The third-order valence-electron chi connectivity index (χ3n) is 4.32. The van der Waals surface area contributed by atoms with E-state index in [-0.39, 0.29) is 11.0 Å². The zero-order chi connectivity index (χ0) is 13.9. The van der Waals surface area contributed by atoms with Gasteiger partial charge >= 0.3 is 0 Å². The molecule has 0 amide bonds. The Morgan fingerprint density at radius 3 is 2.42 bits per heavy atom. The van der Waals surface area contributed by atoms with Crippen LogP contribution in [0.15, 0.2) is 10.9 Å².